The van der Waals surface area contributed by atoms with Gasteiger partial charge in [-0.2, -0.15) is 0 Å². The lowest BCUT2D eigenvalue weighted by atomic mass is 10.1. The Balaban J connectivity index is 2.44. The van der Waals surface area contributed by atoms with E-state index in [9.17, 15) is 5.11 Å². The number of allylic oxidation sites excluding steroid dienone is 1. The highest BCUT2D eigenvalue weighted by molar-refractivity contribution is 5.01. The van der Waals surface area contributed by atoms with Crippen molar-refractivity contribution < 1.29 is 5.11 Å². The van der Waals surface area contributed by atoms with Crippen molar-refractivity contribution >= 4 is 0 Å². The van der Waals surface area contributed by atoms with Crippen LogP contribution in [0.25, 0.3) is 0 Å². The quantitative estimate of drug-likeness (QED) is 0.554. The minimum Gasteiger partial charge on any atom is -0.387 e. The summed E-state index contributed by atoms with van der Waals surface area (Å²) < 4.78 is 1.85. The first-order valence-corrected chi connectivity index (χ1v) is 4.51. The second-order valence-electron chi connectivity index (χ2n) is 3.16. The number of aryl methyl sites for hydroxylation is 1. The second kappa shape index (κ2) is 4.82. The molecule has 0 aliphatic carbocycles. The van der Waals surface area contributed by atoms with Gasteiger partial charge in [-0.15, -0.1) is 6.58 Å². The Morgan fingerprint density at radius 1 is 1.77 bits per heavy atom. The summed E-state index contributed by atoms with van der Waals surface area (Å²) in [5, 5.41) is 9.72. The van der Waals surface area contributed by atoms with Crippen LogP contribution >= 0.6 is 0 Å². The van der Waals surface area contributed by atoms with Crippen molar-refractivity contribution in [3.05, 3.63) is 30.9 Å². The molecule has 72 valence electrons. The summed E-state index contributed by atoms with van der Waals surface area (Å²) in [6.07, 6.45) is 7.57. The molecule has 0 radical (unpaired) electrons. The van der Waals surface area contributed by atoms with Crippen molar-refractivity contribution in [3.8, 4) is 0 Å². The Kier molecular flexibility index (Phi) is 3.71. The van der Waals surface area contributed by atoms with Crippen LogP contribution in [0.15, 0.2) is 25.2 Å². The third-order valence-corrected chi connectivity index (χ3v) is 2.08. The second-order valence-corrected chi connectivity index (χ2v) is 3.16. The predicted molar refractivity (Wildman–Crippen MR) is 52.2 cm³/mol. The zero-order valence-corrected chi connectivity index (χ0v) is 7.98. The molecule has 0 saturated carbocycles. The fraction of sp³-hybridized carbons (Fsp3) is 0.500. The molecule has 0 spiro atoms. The van der Waals surface area contributed by atoms with Gasteiger partial charge in [-0.05, 0) is 19.3 Å². The molecule has 1 N–H and O–H groups in total. The van der Waals surface area contributed by atoms with E-state index in [4.69, 9.17) is 0 Å². The number of rotatable bonds is 5. The van der Waals surface area contributed by atoms with E-state index in [-0.39, 0.29) is 0 Å². The van der Waals surface area contributed by atoms with Crippen LogP contribution < -0.4 is 0 Å². The van der Waals surface area contributed by atoms with E-state index >= 15 is 0 Å². The Morgan fingerprint density at radius 3 is 3.08 bits per heavy atom. The third kappa shape index (κ3) is 2.70. The topological polar surface area (TPSA) is 38.1 Å². The molecule has 0 bridgehead atoms. The molecule has 0 amide bonds. The van der Waals surface area contributed by atoms with Gasteiger partial charge in [0.1, 0.15) is 0 Å². The first-order valence-electron chi connectivity index (χ1n) is 4.51. The lowest BCUT2D eigenvalue weighted by molar-refractivity contribution is 0.157. The van der Waals surface area contributed by atoms with Crippen LogP contribution in [0.2, 0.25) is 0 Å². The van der Waals surface area contributed by atoms with Gasteiger partial charge in [-0.25, -0.2) is 4.98 Å². The summed E-state index contributed by atoms with van der Waals surface area (Å²) in [6, 6.07) is 0. The maximum absolute atomic E-state index is 9.72. The highest BCUT2D eigenvalue weighted by Crippen LogP contribution is 2.17. The van der Waals surface area contributed by atoms with E-state index in [1.165, 1.54) is 0 Å². The molecule has 1 aromatic rings. The lowest BCUT2D eigenvalue weighted by Crippen LogP contribution is -2.03. The van der Waals surface area contributed by atoms with Crippen molar-refractivity contribution in [2.24, 2.45) is 7.05 Å². The van der Waals surface area contributed by atoms with Gasteiger partial charge in [0.05, 0.1) is 24.3 Å². The molecule has 0 saturated heterocycles. The number of hydrogen-bond acceptors (Lipinski definition) is 2. The SMILES string of the molecule is C=CCCCC(O)c1cncn1C. The number of hydrogen-bond donors (Lipinski definition) is 1. The molecular weight excluding hydrogens is 164 g/mol. The van der Waals surface area contributed by atoms with Crippen LogP contribution in [0, 0.1) is 0 Å². The lowest BCUT2D eigenvalue weighted by Gasteiger charge is -2.09. The molecule has 0 aromatic carbocycles. The number of nitrogens with zero attached hydrogens (tertiary/aromatic N) is 2. The summed E-state index contributed by atoms with van der Waals surface area (Å²) in [7, 11) is 1.89. The molecule has 1 rings (SSSR count). The Morgan fingerprint density at radius 2 is 2.54 bits per heavy atom. The van der Waals surface area contributed by atoms with Gasteiger partial charge >= 0.3 is 0 Å². The molecule has 0 aliphatic rings. The van der Waals surface area contributed by atoms with Crippen LogP contribution in [-0.2, 0) is 7.05 Å². The summed E-state index contributed by atoms with van der Waals surface area (Å²) in [5.41, 5.74) is 0.879. The number of imidazole rings is 1. The van der Waals surface area contributed by atoms with Crippen molar-refractivity contribution in [1.29, 1.82) is 0 Å². The van der Waals surface area contributed by atoms with Gasteiger partial charge in [-0.1, -0.05) is 6.08 Å². The summed E-state index contributed by atoms with van der Waals surface area (Å²) in [5.74, 6) is 0. The van der Waals surface area contributed by atoms with Crippen LogP contribution in [0.3, 0.4) is 0 Å². The number of aliphatic hydroxyl groups excluding tert-OH is 1. The molecule has 1 aromatic heterocycles. The van der Waals surface area contributed by atoms with E-state index in [0.717, 1.165) is 25.0 Å². The monoisotopic (exact) mass is 180 g/mol. The van der Waals surface area contributed by atoms with E-state index < -0.39 is 6.10 Å². The maximum Gasteiger partial charge on any atom is 0.0955 e. The maximum atomic E-state index is 9.72. The number of unbranched alkanes of at least 4 members (excludes halogenated alkanes) is 1. The normalized spacial score (nSPS) is 12.8. The van der Waals surface area contributed by atoms with Crippen molar-refractivity contribution in [2.45, 2.75) is 25.4 Å². The molecular formula is C10H16N2O. The standard InChI is InChI=1S/C10H16N2O/c1-3-4-5-6-10(13)9-7-11-8-12(9)2/h3,7-8,10,13H,1,4-6H2,2H3. The van der Waals surface area contributed by atoms with Gasteiger partial charge in [0, 0.05) is 7.05 Å². The average Bonchev–Trinajstić information content (AvgIpc) is 2.52. The largest absolute Gasteiger partial charge is 0.387 e. The molecule has 1 unspecified atom stereocenters. The molecule has 13 heavy (non-hydrogen) atoms. The highest BCUT2D eigenvalue weighted by Gasteiger charge is 2.09. The van der Waals surface area contributed by atoms with Crippen LogP contribution in [0.1, 0.15) is 31.1 Å². The zero-order valence-electron chi connectivity index (χ0n) is 7.98. The van der Waals surface area contributed by atoms with Gasteiger partial charge in [0.25, 0.3) is 0 Å². The molecule has 3 nitrogen and oxygen atoms in total. The summed E-state index contributed by atoms with van der Waals surface area (Å²) in [6.45, 7) is 3.64. The van der Waals surface area contributed by atoms with Gasteiger partial charge in [-0.3, -0.25) is 0 Å². The van der Waals surface area contributed by atoms with Crippen LogP contribution in [0.5, 0.6) is 0 Å². The van der Waals surface area contributed by atoms with Gasteiger partial charge < -0.3 is 9.67 Å². The minimum absolute atomic E-state index is 0.396. The Bertz CT molecular complexity index is 268. The van der Waals surface area contributed by atoms with Crippen molar-refractivity contribution in [2.75, 3.05) is 0 Å². The molecule has 0 aliphatic heterocycles. The summed E-state index contributed by atoms with van der Waals surface area (Å²) >= 11 is 0. The molecule has 0 fully saturated rings. The van der Waals surface area contributed by atoms with Crippen molar-refractivity contribution in [1.82, 2.24) is 9.55 Å². The van der Waals surface area contributed by atoms with Crippen molar-refractivity contribution in [3.63, 3.8) is 0 Å². The number of aliphatic hydroxyl groups is 1. The van der Waals surface area contributed by atoms with E-state index in [2.05, 4.69) is 11.6 Å². The third-order valence-electron chi connectivity index (χ3n) is 2.08. The Labute approximate surface area is 78.7 Å². The smallest absolute Gasteiger partial charge is 0.0955 e. The summed E-state index contributed by atoms with van der Waals surface area (Å²) in [4.78, 5) is 3.95. The van der Waals surface area contributed by atoms with E-state index in [0.29, 0.717) is 0 Å². The fourth-order valence-corrected chi connectivity index (χ4v) is 1.29. The molecule has 1 atom stereocenters. The number of aromatic nitrogens is 2. The van der Waals surface area contributed by atoms with Crippen LogP contribution in [-0.4, -0.2) is 14.7 Å². The molecule has 1 heterocycles. The predicted octanol–water partition coefficient (Wildman–Crippen LogP) is 1.81. The van der Waals surface area contributed by atoms with E-state index in [1.807, 2.05) is 17.7 Å². The first kappa shape index (κ1) is 9.99. The zero-order chi connectivity index (χ0) is 9.68. The Hall–Kier alpha value is -1.09. The van der Waals surface area contributed by atoms with Gasteiger partial charge in [0.2, 0.25) is 0 Å². The average molecular weight is 180 g/mol. The first-order chi connectivity index (χ1) is 6.25. The fourth-order valence-electron chi connectivity index (χ4n) is 1.29. The van der Waals surface area contributed by atoms with Crippen LogP contribution in [0.4, 0.5) is 0 Å². The minimum atomic E-state index is -0.396. The molecule has 3 heteroatoms. The highest BCUT2D eigenvalue weighted by atomic mass is 16.3. The van der Waals surface area contributed by atoms with E-state index in [1.54, 1.807) is 12.5 Å². The van der Waals surface area contributed by atoms with Gasteiger partial charge in [0.15, 0.2) is 0 Å².